The van der Waals surface area contributed by atoms with Crippen LogP contribution in [0.4, 0.5) is 0 Å². The number of ether oxygens (including phenoxy) is 1. The van der Waals surface area contributed by atoms with Gasteiger partial charge in [-0.25, -0.2) is 4.98 Å². The second kappa shape index (κ2) is 6.96. The molecule has 1 aromatic carbocycles. The van der Waals surface area contributed by atoms with Crippen molar-refractivity contribution in [3.8, 4) is 11.1 Å². The van der Waals surface area contributed by atoms with Gasteiger partial charge in [-0.15, -0.1) is 11.3 Å². The number of carbonyl (C=O) groups excluding carboxylic acids is 1. The quantitative estimate of drug-likeness (QED) is 0.608. The van der Waals surface area contributed by atoms with Crippen LogP contribution in [0, 0.1) is 20.8 Å². The van der Waals surface area contributed by atoms with E-state index in [2.05, 4.69) is 45.0 Å². The second-order valence-electron chi connectivity index (χ2n) is 6.34. The molecule has 0 bridgehead atoms. The summed E-state index contributed by atoms with van der Waals surface area (Å²) in [6.45, 7) is 8.39. The lowest BCUT2D eigenvalue weighted by molar-refractivity contribution is -0.139. The van der Waals surface area contributed by atoms with E-state index in [1.807, 2.05) is 6.92 Å². The Labute approximate surface area is 152 Å². The molecule has 4 heteroatoms. The van der Waals surface area contributed by atoms with Crippen LogP contribution in [0.1, 0.15) is 34.2 Å². The zero-order valence-corrected chi connectivity index (χ0v) is 16.2. The van der Waals surface area contributed by atoms with Gasteiger partial charge in [-0.3, -0.25) is 4.79 Å². The molecular weight excluding hydrogens is 330 g/mol. The fourth-order valence-corrected chi connectivity index (χ4v) is 4.52. The Morgan fingerprint density at radius 2 is 1.80 bits per heavy atom. The molecular formula is C21H23NO2S. The van der Waals surface area contributed by atoms with Gasteiger partial charge in [-0.2, -0.15) is 0 Å². The number of aryl methyl sites for hydroxylation is 4. The maximum atomic E-state index is 12.0. The summed E-state index contributed by atoms with van der Waals surface area (Å²) in [5.41, 5.74) is 6.68. The van der Waals surface area contributed by atoms with E-state index in [1.54, 1.807) is 11.3 Å². The van der Waals surface area contributed by atoms with Gasteiger partial charge in [0.1, 0.15) is 4.83 Å². The van der Waals surface area contributed by atoms with Gasteiger partial charge in [-0.05, 0) is 49.4 Å². The largest absolute Gasteiger partial charge is 0.469 e. The Hall–Kier alpha value is -2.20. The number of nitrogens with zero attached hydrogens (tertiary/aromatic N) is 1. The highest BCUT2D eigenvalue weighted by Gasteiger charge is 2.21. The third kappa shape index (κ3) is 3.19. The Morgan fingerprint density at radius 1 is 1.12 bits per heavy atom. The first-order valence-corrected chi connectivity index (χ1v) is 9.33. The molecule has 0 N–H and O–H groups in total. The molecule has 0 spiro atoms. The summed E-state index contributed by atoms with van der Waals surface area (Å²) in [4.78, 5) is 19.2. The van der Waals surface area contributed by atoms with Gasteiger partial charge in [0.05, 0.1) is 13.5 Å². The Bertz CT molecular complexity index is 939. The van der Waals surface area contributed by atoms with Crippen LogP contribution < -0.4 is 0 Å². The van der Waals surface area contributed by atoms with Crippen molar-refractivity contribution in [1.82, 2.24) is 4.98 Å². The summed E-state index contributed by atoms with van der Waals surface area (Å²) in [5.74, 6) is -0.234. The summed E-state index contributed by atoms with van der Waals surface area (Å²) in [6.07, 6.45) is 1.19. The van der Waals surface area contributed by atoms with Crippen molar-refractivity contribution < 1.29 is 9.53 Å². The highest BCUT2D eigenvalue weighted by Crippen LogP contribution is 2.40. The third-order valence-corrected chi connectivity index (χ3v) is 5.73. The van der Waals surface area contributed by atoms with Crippen LogP contribution in [-0.2, 0) is 22.4 Å². The van der Waals surface area contributed by atoms with Crippen LogP contribution in [0.25, 0.3) is 21.3 Å². The van der Waals surface area contributed by atoms with Crippen LogP contribution in [0.5, 0.6) is 0 Å². The number of thiophene rings is 1. The van der Waals surface area contributed by atoms with Crippen molar-refractivity contribution in [1.29, 1.82) is 0 Å². The number of aromatic nitrogens is 1. The predicted octanol–water partition coefficient (Wildman–Crippen LogP) is 5.17. The second-order valence-corrected chi connectivity index (χ2v) is 7.54. The number of pyridine rings is 1. The standard InChI is InChI=1S/C21H23NO2S/c1-6-16-14(4)25-21-20(16)19(15-9-7-12(2)8-10-15)17(13(3)22-21)11-18(23)24-5/h7-10H,6,11H2,1-5H3. The molecule has 0 saturated heterocycles. The van der Waals surface area contributed by atoms with E-state index in [0.29, 0.717) is 0 Å². The summed E-state index contributed by atoms with van der Waals surface area (Å²) in [5, 5.41) is 1.19. The lowest BCUT2D eigenvalue weighted by atomic mass is 9.91. The minimum atomic E-state index is -0.234. The SMILES string of the molecule is CCc1c(C)sc2nc(C)c(CC(=O)OC)c(-c3ccc(C)cc3)c12. The van der Waals surface area contributed by atoms with Gasteiger partial charge in [0.15, 0.2) is 0 Å². The van der Waals surface area contributed by atoms with Crippen molar-refractivity contribution in [2.75, 3.05) is 7.11 Å². The molecule has 0 atom stereocenters. The molecule has 0 aliphatic heterocycles. The molecule has 3 aromatic rings. The van der Waals surface area contributed by atoms with Crippen molar-refractivity contribution >= 4 is 27.5 Å². The maximum absolute atomic E-state index is 12.0. The number of hydrogen-bond donors (Lipinski definition) is 0. The molecule has 0 fully saturated rings. The molecule has 0 saturated carbocycles. The van der Waals surface area contributed by atoms with E-state index < -0.39 is 0 Å². The van der Waals surface area contributed by atoms with E-state index >= 15 is 0 Å². The lowest BCUT2D eigenvalue weighted by Crippen LogP contribution is -2.09. The van der Waals surface area contributed by atoms with E-state index in [-0.39, 0.29) is 12.4 Å². The van der Waals surface area contributed by atoms with Gasteiger partial charge in [0, 0.05) is 16.0 Å². The number of hydrogen-bond acceptors (Lipinski definition) is 4. The fraction of sp³-hybridized carbons (Fsp3) is 0.333. The van der Waals surface area contributed by atoms with Gasteiger partial charge in [-0.1, -0.05) is 36.8 Å². The number of benzene rings is 1. The molecule has 0 radical (unpaired) electrons. The Kier molecular flexibility index (Phi) is 4.91. The summed E-state index contributed by atoms with van der Waals surface area (Å²) >= 11 is 1.74. The molecule has 25 heavy (non-hydrogen) atoms. The molecule has 0 aliphatic rings. The zero-order valence-electron chi connectivity index (χ0n) is 15.4. The first kappa shape index (κ1) is 17.6. The van der Waals surface area contributed by atoms with E-state index in [1.165, 1.54) is 28.5 Å². The third-order valence-electron chi connectivity index (χ3n) is 4.69. The summed E-state index contributed by atoms with van der Waals surface area (Å²) < 4.78 is 4.93. The number of fused-ring (bicyclic) bond motifs is 1. The minimum Gasteiger partial charge on any atom is -0.469 e. The number of rotatable bonds is 4. The molecule has 0 amide bonds. The maximum Gasteiger partial charge on any atom is 0.310 e. The molecule has 2 heterocycles. The van der Waals surface area contributed by atoms with E-state index in [0.717, 1.165) is 33.6 Å². The number of esters is 1. The monoisotopic (exact) mass is 353 g/mol. The van der Waals surface area contributed by atoms with Crippen LogP contribution >= 0.6 is 11.3 Å². The van der Waals surface area contributed by atoms with Crippen molar-refractivity contribution in [3.05, 3.63) is 51.5 Å². The van der Waals surface area contributed by atoms with Crippen LogP contribution in [0.3, 0.4) is 0 Å². The molecule has 2 aromatic heterocycles. The fourth-order valence-electron chi connectivity index (χ4n) is 3.35. The predicted molar refractivity (Wildman–Crippen MR) is 104 cm³/mol. The molecule has 130 valence electrons. The van der Waals surface area contributed by atoms with Crippen molar-refractivity contribution in [2.24, 2.45) is 0 Å². The van der Waals surface area contributed by atoms with Gasteiger partial charge in [0.25, 0.3) is 0 Å². The average molecular weight is 353 g/mol. The van der Waals surface area contributed by atoms with Crippen LogP contribution in [-0.4, -0.2) is 18.1 Å². The van der Waals surface area contributed by atoms with Gasteiger partial charge >= 0.3 is 5.97 Å². The normalized spacial score (nSPS) is 11.1. The van der Waals surface area contributed by atoms with Gasteiger partial charge < -0.3 is 4.74 Å². The Morgan fingerprint density at radius 3 is 2.40 bits per heavy atom. The molecule has 3 rings (SSSR count). The molecule has 0 unspecified atom stereocenters. The van der Waals surface area contributed by atoms with Crippen LogP contribution in [0.15, 0.2) is 24.3 Å². The van der Waals surface area contributed by atoms with Crippen LogP contribution in [0.2, 0.25) is 0 Å². The smallest absolute Gasteiger partial charge is 0.310 e. The molecule has 3 nitrogen and oxygen atoms in total. The lowest BCUT2D eigenvalue weighted by Gasteiger charge is -2.15. The van der Waals surface area contributed by atoms with Crippen molar-refractivity contribution in [3.63, 3.8) is 0 Å². The summed E-state index contributed by atoms with van der Waals surface area (Å²) in [6, 6.07) is 8.50. The topological polar surface area (TPSA) is 39.2 Å². The Balaban J connectivity index is 2.39. The zero-order chi connectivity index (χ0) is 18.1. The highest BCUT2D eigenvalue weighted by molar-refractivity contribution is 7.18. The first-order chi connectivity index (χ1) is 12.0. The van der Waals surface area contributed by atoms with E-state index in [4.69, 9.17) is 9.72 Å². The van der Waals surface area contributed by atoms with Crippen molar-refractivity contribution in [2.45, 2.75) is 40.5 Å². The van der Waals surface area contributed by atoms with E-state index in [9.17, 15) is 4.79 Å². The average Bonchev–Trinajstić information content (AvgIpc) is 2.90. The van der Waals surface area contributed by atoms with Gasteiger partial charge in [0.2, 0.25) is 0 Å². The molecule has 0 aliphatic carbocycles. The minimum absolute atomic E-state index is 0.234. The first-order valence-electron chi connectivity index (χ1n) is 8.51. The number of methoxy groups -OCH3 is 1. The number of carbonyl (C=O) groups is 1. The summed E-state index contributed by atoms with van der Waals surface area (Å²) in [7, 11) is 1.43. The highest BCUT2D eigenvalue weighted by atomic mass is 32.1.